The van der Waals surface area contributed by atoms with Gasteiger partial charge in [-0.15, -0.1) is 0 Å². The van der Waals surface area contributed by atoms with E-state index >= 15 is 0 Å². The summed E-state index contributed by atoms with van der Waals surface area (Å²) in [5.41, 5.74) is 3.92. The quantitative estimate of drug-likeness (QED) is 0.588. The van der Waals surface area contributed by atoms with E-state index in [1.54, 1.807) is 7.11 Å². The first kappa shape index (κ1) is 19.8. The Morgan fingerprint density at radius 1 is 1.30 bits per heavy atom. The number of nitrogens with zero attached hydrogens (tertiary/aromatic N) is 1. The number of fused-ring (bicyclic) bond motifs is 1. The van der Waals surface area contributed by atoms with Gasteiger partial charge in [-0.1, -0.05) is 25.0 Å². The van der Waals surface area contributed by atoms with Crippen LogP contribution in [0.25, 0.3) is 10.9 Å². The van der Waals surface area contributed by atoms with Crippen molar-refractivity contribution < 1.29 is 4.74 Å². The number of hydrogen-bond acceptors (Lipinski definition) is 3. The third-order valence-corrected chi connectivity index (χ3v) is 5.85. The van der Waals surface area contributed by atoms with E-state index in [9.17, 15) is 4.79 Å². The fourth-order valence-electron chi connectivity index (χ4n) is 3.86. The summed E-state index contributed by atoms with van der Waals surface area (Å²) in [6.45, 7) is 5.91. The molecule has 0 unspecified atom stereocenters. The molecule has 0 bridgehead atoms. The third kappa shape index (κ3) is 4.50. The summed E-state index contributed by atoms with van der Waals surface area (Å²) in [4.78, 5) is 18.0. The molecule has 1 fully saturated rings. The number of thiocarbonyl (C=S) groups is 1. The highest BCUT2D eigenvalue weighted by Gasteiger charge is 2.25. The van der Waals surface area contributed by atoms with Gasteiger partial charge < -0.3 is 19.9 Å². The Hall–Kier alpha value is -1.92. The molecule has 0 amide bonds. The van der Waals surface area contributed by atoms with Gasteiger partial charge in [0.25, 0.3) is 5.56 Å². The lowest BCUT2D eigenvalue weighted by Crippen LogP contribution is -2.46. The lowest BCUT2D eigenvalue weighted by atomic mass is 10.0. The van der Waals surface area contributed by atoms with E-state index in [4.69, 9.17) is 17.0 Å². The first-order valence-electron chi connectivity index (χ1n) is 9.66. The zero-order chi connectivity index (χ0) is 19.4. The lowest BCUT2D eigenvalue weighted by Gasteiger charge is -2.31. The van der Waals surface area contributed by atoms with Crippen LogP contribution in [-0.2, 0) is 11.3 Å². The topological polar surface area (TPSA) is 57.4 Å². The van der Waals surface area contributed by atoms with Crippen LogP contribution in [0.2, 0.25) is 0 Å². The number of nitrogens with one attached hydrogen (secondary N) is 2. The van der Waals surface area contributed by atoms with Crippen molar-refractivity contribution in [1.82, 2.24) is 15.2 Å². The van der Waals surface area contributed by atoms with Gasteiger partial charge in [0.2, 0.25) is 0 Å². The van der Waals surface area contributed by atoms with Crippen molar-refractivity contribution in [2.24, 2.45) is 0 Å². The number of aromatic amines is 1. The third-order valence-electron chi connectivity index (χ3n) is 5.47. The van der Waals surface area contributed by atoms with Crippen molar-refractivity contribution >= 4 is 28.2 Å². The minimum atomic E-state index is -0.0288. The standard InChI is InChI=1S/C21H29N3O2S/c1-14-8-9-15(2)19-18(14)12-16(20(25)23-19)13-24(17-6-4-5-7-17)21(27)22-10-11-26-3/h8-9,12,17H,4-7,10-11,13H2,1-3H3,(H,22,27)(H,23,25). The number of pyridine rings is 1. The molecule has 146 valence electrons. The van der Waals surface area contributed by atoms with E-state index in [2.05, 4.69) is 28.2 Å². The maximum Gasteiger partial charge on any atom is 0.253 e. The minimum Gasteiger partial charge on any atom is -0.383 e. The monoisotopic (exact) mass is 387 g/mol. The molecule has 1 aliphatic carbocycles. The molecule has 27 heavy (non-hydrogen) atoms. The molecular weight excluding hydrogens is 358 g/mol. The first-order chi connectivity index (χ1) is 13.0. The lowest BCUT2D eigenvalue weighted by molar-refractivity contribution is 0.201. The SMILES string of the molecule is COCCNC(=S)N(Cc1cc2c(C)ccc(C)c2[nH]c1=O)C1CCCC1. The molecule has 0 spiro atoms. The summed E-state index contributed by atoms with van der Waals surface area (Å²) in [6.07, 6.45) is 4.67. The summed E-state index contributed by atoms with van der Waals surface area (Å²) >= 11 is 5.66. The van der Waals surface area contributed by atoms with Crippen molar-refractivity contribution in [3.05, 3.63) is 45.2 Å². The van der Waals surface area contributed by atoms with Gasteiger partial charge in [0.1, 0.15) is 0 Å². The highest BCUT2D eigenvalue weighted by Crippen LogP contribution is 2.26. The molecule has 0 aliphatic heterocycles. The summed E-state index contributed by atoms with van der Waals surface area (Å²) in [6, 6.07) is 6.58. The molecule has 0 radical (unpaired) electrons. The Morgan fingerprint density at radius 2 is 2.00 bits per heavy atom. The van der Waals surface area contributed by atoms with E-state index in [0.717, 1.165) is 34.9 Å². The number of aryl methyl sites for hydroxylation is 2. The highest BCUT2D eigenvalue weighted by atomic mass is 32.1. The van der Waals surface area contributed by atoms with Crippen LogP contribution in [0.1, 0.15) is 42.4 Å². The van der Waals surface area contributed by atoms with Crippen molar-refractivity contribution in [2.75, 3.05) is 20.3 Å². The predicted octanol–water partition coefficient (Wildman–Crippen LogP) is 3.41. The number of methoxy groups -OCH3 is 1. The Morgan fingerprint density at radius 3 is 2.70 bits per heavy atom. The number of aromatic nitrogens is 1. The fourth-order valence-corrected chi connectivity index (χ4v) is 4.18. The van der Waals surface area contributed by atoms with Gasteiger partial charge in [0.15, 0.2) is 5.11 Å². The molecule has 1 aromatic heterocycles. The molecule has 1 saturated carbocycles. The van der Waals surface area contributed by atoms with Gasteiger partial charge in [-0.25, -0.2) is 0 Å². The molecule has 1 heterocycles. The average Bonchev–Trinajstić information content (AvgIpc) is 3.18. The van der Waals surface area contributed by atoms with E-state index < -0.39 is 0 Å². The molecule has 0 saturated heterocycles. The second-order valence-electron chi connectivity index (χ2n) is 7.40. The summed E-state index contributed by atoms with van der Waals surface area (Å²) in [5, 5.41) is 5.09. The average molecular weight is 388 g/mol. The van der Waals surface area contributed by atoms with E-state index in [-0.39, 0.29) is 5.56 Å². The molecule has 0 atom stereocenters. The maximum atomic E-state index is 12.8. The van der Waals surface area contributed by atoms with Crippen LogP contribution in [0, 0.1) is 13.8 Å². The second kappa shape index (κ2) is 8.85. The number of rotatable bonds is 6. The molecule has 3 rings (SSSR count). The summed E-state index contributed by atoms with van der Waals surface area (Å²) in [7, 11) is 1.68. The second-order valence-corrected chi connectivity index (χ2v) is 7.79. The van der Waals surface area contributed by atoms with Crippen LogP contribution < -0.4 is 10.9 Å². The normalized spacial score (nSPS) is 14.6. The molecule has 2 N–H and O–H groups in total. The summed E-state index contributed by atoms with van der Waals surface area (Å²) < 4.78 is 5.11. The predicted molar refractivity (Wildman–Crippen MR) is 114 cm³/mol. The Balaban J connectivity index is 1.90. The zero-order valence-corrected chi connectivity index (χ0v) is 17.2. The van der Waals surface area contributed by atoms with Crippen LogP contribution >= 0.6 is 12.2 Å². The highest BCUT2D eigenvalue weighted by molar-refractivity contribution is 7.80. The Bertz CT molecular complexity index is 872. The molecule has 1 aliphatic rings. The van der Waals surface area contributed by atoms with E-state index in [1.807, 2.05) is 19.1 Å². The number of ether oxygens (including phenoxy) is 1. The van der Waals surface area contributed by atoms with Crippen LogP contribution in [0.5, 0.6) is 0 Å². The van der Waals surface area contributed by atoms with Crippen molar-refractivity contribution in [3.63, 3.8) is 0 Å². The van der Waals surface area contributed by atoms with Crippen molar-refractivity contribution in [3.8, 4) is 0 Å². The first-order valence-corrected chi connectivity index (χ1v) is 10.1. The van der Waals surface area contributed by atoms with Gasteiger partial charge in [0, 0.05) is 30.6 Å². The van der Waals surface area contributed by atoms with E-state index in [1.165, 1.54) is 18.4 Å². The number of hydrogen-bond donors (Lipinski definition) is 2. The Kier molecular flexibility index (Phi) is 6.50. The largest absolute Gasteiger partial charge is 0.383 e. The zero-order valence-electron chi connectivity index (χ0n) is 16.4. The van der Waals surface area contributed by atoms with Crippen molar-refractivity contribution in [1.29, 1.82) is 0 Å². The number of benzene rings is 1. The van der Waals surface area contributed by atoms with Gasteiger partial charge in [0.05, 0.1) is 18.7 Å². The molecule has 2 aromatic rings. The fraction of sp³-hybridized carbons (Fsp3) is 0.524. The molecule has 6 heteroatoms. The van der Waals surface area contributed by atoms with Crippen LogP contribution in [0.3, 0.4) is 0 Å². The van der Waals surface area contributed by atoms with Gasteiger partial charge >= 0.3 is 0 Å². The maximum absolute atomic E-state index is 12.8. The molecule has 1 aromatic carbocycles. The summed E-state index contributed by atoms with van der Waals surface area (Å²) in [5.74, 6) is 0. The van der Waals surface area contributed by atoms with Gasteiger partial charge in [-0.3, -0.25) is 4.79 Å². The van der Waals surface area contributed by atoms with Gasteiger partial charge in [-0.2, -0.15) is 0 Å². The Labute approximate surface area is 166 Å². The van der Waals surface area contributed by atoms with Gasteiger partial charge in [-0.05, 0) is 56.1 Å². The molecular formula is C21H29N3O2S. The van der Waals surface area contributed by atoms with E-state index in [0.29, 0.717) is 30.9 Å². The van der Waals surface area contributed by atoms with Crippen molar-refractivity contribution in [2.45, 2.75) is 52.1 Å². The van der Waals surface area contributed by atoms with Crippen LogP contribution in [0.15, 0.2) is 23.0 Å². The molecule has 5 nitrogen and oxygen atoms in total. The number of H-pyrrole nitrogens is 1. The van der Waals surface area contributed by atoms with Crippen LogP contribution in [-0.4, -0.2) is 41.3 Å². The smallest absolute Gasteiger partial charge is 0.253 e. The van der Waals surface area contributed by atoms with Crippen LogP contribution in [0.4, 0.5) is 0 Å². The minimum absolute atomic E-state index is 0.0288.